The average molecular weight is 357 g/mol. The topological polar surface area (TPSA) is 64.3 Å². The molecule has 0 heterocycles. The number of hydrogen-bond acceptors (Lipinski definition) is 3. The van der Waals surface area contributed by atoms with Crippen molar-refractivity contribution in [1.82, 2.24) is 0 Å². The van der Waals surface area contributed by atoms with Gasteiger partial charge in [-0.1, -0.05) is 0 Å². The molecular formula is C14H11BrF2N2O2. The standard InChI is InChI=1S/C14H11BrF2N2O2/c15-10-3-1-8(16)5-13(10)21-7-14(20)19-12-6-9(18)2-4-11(12)17/h1-6H,7,18H2,(H,19,20). The van der Waals surface area contributed by atoms with Gasteiger partial charge >= 0.3 is 0 Å². The van der Waals surface area contributed by atoms with Gasteiger partial charge in [0.1, 0.15) is 17.4 Å². The third-order valence-electron chi connectivity index (χ3n) is 2.52. The van der Waals surface area contributed by atoms with Gasteiger partial charge in [0.05, 0.1) is 10.2 Å². The number of ether oxygens (including phenoxy) is 1. The SMILES string of the molecule is Nc1ccc(F)c(NC(=O)COc2cc(F)ccc2Br)c1. The first-order valence-corrected chi connectivity index (χ1v) is 6.68. The van der Waals surface area contributed by atoms with Crippen molar-refractivity contribution in [2.75, 3.05) is 17.7 Å². The normalized spacial score (nSPS) is 10.2. The molecule has 0 aliphatic heterocycles. The summed E-state index contributed by atoms with van der Waals surface area (Å²) in [6, 6.07) is 7.67. The molecular weight excluding hydrogens is 346 g/mol. The van der Waals surface area contributed by atoms with Crippen LogP contribution in [0.4, 0.5) is 20.2 Å². The van der Waals surface area contributed by atoms with Gasteiger partial charge in [-0.25, -0.2) is 8.78 Å². The van der Waals surface area contributed by atoms with E-state index in [1.165, 1.54) is 24.3 Å². The summed E-state index contributed by atoms with van der Waals surface area (Å²) in [6.45, 7) is -0.393. The number of carbonyl (C=O) groups excluding carboxylic acids is 1. The van der Waals surface area contributed by atoms with E-state index in [1.54, 1.807) is 0 Å². The largest absolute Gasteiger partial charge is 0.482 e. The maximum atomic E-state index is 13.4. The number of benzene rings is 2. The zero-order chi connectivity index (χ0) is 15.4. The van der Waals surface area contributed by atoms with E-state index in [1.807, 2.05) is 0 Å². The summed E-state index contributed by atoms with van der Waals surface area (Å²) < 4.78 is 32.2. The van der Waals surface area contributed by atoms with Gasteiger partial charge in [-0.3, -0.25) is 4.79 Å². The van der Waals surface area contributed by atoms with E-state index >= 15 is 0 Å². The highest BCUT2D eigenvalue weighted by molar-refractivity contribution is 9.10. The van der Waals surface area contributed by atoms with Crippen molar-refractivity contribution in [3.05, 3.63) is 52.5 Å². The predicted octanol–water partition coefficient (Wildman–Crippen LogP) is 3.33. The van der Waals surface area contributed by atoms with Crippen molar-refractivity contribution in [2.24, 2.45) is 0 Å². The van der Waals surface area contributed by atoms with Crippen molar-refractivity contribution in [3.8, 4) is 5.75 Å². The van der Waals surface area contributed by atoms with E-state index in [0.29, 0.717) is 10.2 Å². The Balaban J connectivity index is 1.99. The molecule has 0 aliphatic rings. The van der Waals surface area contributed by atoms with Gasteiger partial charge in [-0.05, 0) is 46.3 Å². The van der Waals surface area contributed by atoms with Crippen LogP contribution in [0.2, 0.25) is 0 Å². The van der Waals surface area contributed by atoms with Crippen LogP contribution in [-0.4, -0.2) is 12.5 Å². The highest BCUT2D eigenvalue weighted by Crippen LogP contribution is 2.25. The number of nitrogens with two attached hydrogens (primary N) is 1. The Morgan fingerprint density at radius 2 is 2.00 bits per heavy atom. The number of anilines is 2. The van der Waals surface area contributed by atoms with Crippen LogP contribution in [0.25, 0.3) is 0 Å². The second kappa shape index (κ2) is 6.53. The molecule has 0 unspecified atom stereocenters. The molecule has 2 aromatic rings. The minimum atomic E-state index is -0.607. The molecule has 0 spiro atoms. The Kier molecular flexibility index (Phi) is 4.74. The number of nitrogens with one attached hydrogen (secondary N) is 1. The summed E-state index contributed by atoms with van der Waals surface area (Å²) in [7, 11) is 0. The lowest BCUT2D eigenvalue weighted by molar-refractivity contribution is -0.118. The Bertz CT molecular complexity index is 680. The van der Waals surface area contributed by atoms with E-state index in [-0.39, 0.29) is 11.4 Å². The molecule has 0 saturated heterocycles. The third kappa shape index (κ3) is 4.16. The quantitative estimate of drug-likeness (QED) is 0.825. The van der Waals surface area contributed by atoms with Crippen LogP contribution in [0.5, 0.6) is 5.75 Å². The molecule has 2 aromatic carbocycles. The lowest BCUT2D eigenvalue weighted by Crippen LogP contribution is -2.21. The van der Waals surface area contributed by atoms with Crippen LogP contribution in [0, 0.1) is 11.6 Å². The Morgan fingerprint density at radius 3 is 2.76 bits per heavy atom. The maximum Gasteiger partial charge on any atom is 0.262 e. The molecule has 7 heteroatoms. The maximum absolute atomic E-state index is 13.4. The monoisotopic (exact) mass is 356 g/mol. The first kappa shape index (κ1) is 15.2. The van der Waals surface area contributed by atoms with E-state index in [0.717, 1.165) is 12.1 Å². The molecule has 0 aromatic heterocycles. The molecule has 3 N–H and O–H groups in total. The zero-order valence-electron chi connectivity index (χ0n) is 10.7. The second-order valence-electron chi connectivity index (χ2n) is 4.15. The minimum absolute atomic E-state index is 0.0399. The molecule has 0 radical (unpaired) electrons. The smallest absolute Gasteiger partial charge is 0.262 e. The molecule has 1 amide bonds. The van der Waals surface area contributed by atoms with Crippen molar-refractivity contribution in [3.63, 3.8) is 0 Å². The number of hydrogen-bond donors (Lipinski definition) is 2. The second-order valence-corrected chi connectivity index (χ2v) is 5.01. The van der Waals surface area contributed by atoms with E-state index in [9.17, 15) is 13.6 Å². The van der Waals surface area contributed by atoms with E-state index in [2.05, 4.69) is 21.2 Å². The summed E-state index contributed by atoms with van der Waals surface area (Å²) in [4.78, 5) is 11.7. The molecule has 0 atom stereocenters. The van der Waals surface area contributed by atoms with Crippen LogP contribution >= 0.6 is 15.9 Å². The summed E-state index contributed by atoms with van der Waals surface area (Å²) in [5.74, 6) is -1.51. The fraction of sp³-hybridized carbons (Fsp3) is 0.0714. The molecule has 21 heavy (non-hydrogen) atoms. The Morgan fingerprint density at radius 1 is 1.24 bits per heavy atom. The fourth-order valence-electron chi connectivity index (χ4n) is 1.56. The number of halogens is 3. The van der Waals surface area contributed by atoms with Gasteiger partial charge in [-0.2, -0.15) is 0 Å². The number of nitrogen functional groups attached to an aromatic ring is 1. The molecule has 0 bridgehead atoms. The lowest BCUT2D eigenvalue weighted by atomic mass is 10.2. The highest BCUT2D eigenvalue weighted by atomic mass is 79.9. The Labute approximate surface area is 128 Å². The summed E-state index contributed by atoms with van der Waals surface area (Å²) in [5, 5.41) is 2.33. The van der Waals surface area contributed by atoms with Gasteiger partial charge in [-0.15, -0.1) is 0 Å². The molecule has 0 aliphatic carbocycles. The number of amides is 1. The predicted molar refractivity (Wildman–Crippen MR) is 79.0 cm³/mol. The van der Waals surface area contributed by atoms with Crippen molar-refractivity contribution in [1.29, 1.82) is 0 Å². The molecule has 2 rings (SSSR count). The lowest BCUT2D eigenvalue weighted by Gasteiger charge is -2.10. The van der Waals surface area contributed by atoms with Crippen molar-refractivity contribution < 1.29 is 18.3 Å². The van der Waals surface area contributed by atoms with Crippen LogP contribution in [0.3, 0.4) is 0 Å². The zero-order valence-corrected chi connectivity index (χ0v) is 12.3. The molecule has 110 valence electrons. The van der Waals surface area contributed by atoms with Gasteiger partial charge in [0, 0.05) is 11.8 Å². The minimum Gasteiger partial charge on any atom is -0.482 e. The molecule has 4 nitrogen and oxygen atoms in total. The Hall–Kier alpha value is -2.15. The van der Waals surface area contributed by atoms with Gasteiger partial charge < -0.3 is 15.8 Å². The number of carbonyl (C=O) groups is 1. The van der Waals surface area contributed by atoms with Crippen LogP contribution < -0.4 is 15.8 Å². The highest BCUT2D eigenvalue weighted by Gasteiger charge is 2.10. The van der Waals surface area contributed by atoms with Crippen LogP contribution in [0.1, 0.15) is 0 Å². The van der Waals surface area contributed by atoms with Gasteiger partial charge in [0.25, 0.3) is 5.91 Å². The van der Waals surface area contributed by atoms with E-state index < -0.39 is 24.1 Å². The van der Waals surface area contributed by atoms with Crippen molar-refractivity contribution in [2.45, 2.75) is 0 Å². The molecule has 0 saturated carbocycles. The van der Waals surface area contributed by atoms with E-state index in [4.69, 9.17) is 10.5 Å². The number of rotatable bonds is 4. The van der Waals surface area contributed by atoms with Gasteiger partial charge in [0.2, 0.25) is 0 Å². The van der Waals surface area contributed by atoms with Gasteiger partial charge in [0.15, 0.2) is 6.61 Å². The van der Waals surface area contributed by atoms with Crippen LogP contribution in [-0.2, 0) is 4.79 Å². The average Bonchev–Trinajstić information content (AvgIpc) is 2.44. The van der Waals surface area contributed by atoms with Crippen molar-refractivity contribution >= 4 is 33.2 Å². The molecule has 0 fully saturated rings. The third-order valence-corrected chi connectivity index (χ3v) is 3.17. The summed E-state index contributed by atoms with van der Waals surface area (Å²) in [6.07, 6.45) is 0. The fourth-order valence-corrected chi connectivity index (χ4v) is 1.92. The first-order valence-electron chi connectivity index (χ1n) is 5.88. The first-order chi connectivity index (χ1) is 9.95. The summed E-state index contributed by atoms with van der Waals surface area (Å²) >= 11 is 3.17. The summed E-state index contributed by atoms with van der Waals surface area (Å²) in [5.41, 5.74) is 5.79. The van der Waals surface area contributed by atoms with Crippen LogP contribution in [0.15, 0.2) is 40.9 Å².